The minimum absolute atomic E-state index is 0.141. The highest BCUT2D eigenvalue weighted by molar-refractivity contribution is 6.37. The molecule has 1 atom stereocenters. The molecule has 4 amide bonds. The maximum Gasteiger partial charge on any atom is 0.344 e. The molecule has 0 radical (unpaired) electrons. The molecule has 7 nitrogen and oxygen atoms in total. The lowest BCUT2D eigenvalue weighted by molar-refractivity contribution is -0.139. The van der Waals surface area contributed by atoms with E-state index < -0.39 is 30.0 Å². The van der Waals surface area contributed by atoms with E-state index in [1.165, 1.54) is 0 Å². The van der Waals surface area contributed by atoms with Crippen molar-refractivity contribution in [2.45, 2.75) is 12.5 Å². The third kappa shape index (κ3) is 3.70. The summed E-state index contributed by atoms with van der Waals surface area (Å²) in [6, 6.07) is 12.7. The van der Waals surface area contributed by atoms with Crippen LogP contribution in [0.15, 0.2) is 48.5 Å². The zero-order chi connectivity index (χ0) is 19.6. The van der Waals surface area contributed by atoms with Crippen LogP contribution in [-0.4, -0.2) is 29.5 Å². The zero-order valence-corrected chi connectivity index (χ0v) is 15.7. The highest BCUT2D eigenvalue weighted by atomic mass is 35.5. The maximum atomic E-state index is 12.7. The number of para-hydroxylation sites is 1. The van der Waals surface area contributed by atoms with E-state index in [9.17, 15) is 14.4 Å². The van der Waals surface area contributed by atoms with E-state index in [-0.39, 0.29) is 15.8 Å². The summed E-state index contributed by atoms with van der Waals surface area (Å²) in [4.78, 5) is 37.0. The summed E-state index contributed by atoms with van der Waals surface area (Å²) < 4.78 is 5.30. The van der Waals surface area contributed by atoms with Crippen LogP contribution >= 0.6 is 23.2 Å². The molecule has 1 saturated heterocycles. The average Bonchev–Trinajstić information content (AvgIpc) is 2.86. The second-order valence-electron chi connectivity index (χ2n) is 5.94. The number of hydrazine groups is 1. The molecule has 1 aliphatic heterocycles. The van der Waals surface area contributed by atoms with Crippen molar-refractivity contribution in [3.8, 4) is 5.75 Å². The number of ether oxygens (including phenoxy) is 1. The van der Waals surface area contributed by atoms with Crippen LogP contribution in [0.5, 0.6) is 5.75 Å². The summed E-state index contributed by atoms with van der Waals surface area (Å²) in [6.07, 6.45) is 0. The van der Waals surface area contributed by atoms with E-state index in [2.05, 4.69) is 10.7 Å². The number of nitrogens with zero attached hydrogens (tertiary/aromatic N) is 1. The Balaban J connectivity index is 1.68. The SMILES string of the molecule is CC1(c2ccccc2)NC(=O)N(NC(=O)COc2c(Cl)cccc2Cl)C1=O. The fourth-order valence-electron chi connectivity index (χ4n) is 2.62. The Morgan fingerprint density at radius 1 is 1.11 bits per heavy atom. The summed E-state index contributed by atoms with van der Waals surface area (Å²) in [5.74, 6) is -1.18. The molecule has 2 aromatic carbocycles. The van der Waals surface area contributed by atoms with Crippen LogP contribution in [-0.2, 0) is 15.1 Å². The number of rotatable bonds is 5. The Morgan fingerprint density at radius 3 is 2.37 bits per heavy atom. The predicted molar refractivity (Wildman–Crippen MR) is 99.3 cm³/mol. The third-order valence-corrected chi connectivity index (χ3v) is 4.64. The number of carbonyl (C=O) groups excluding carboxylic acids is 3. The Hall–Kier alpha value is -2.77. The number of benzene rings is 2. The number of hydrogen-bond donors (Lipinski definition) is 2. The molecule has 1 heterocycles. The normalized spacial score (nSPS) is 19.0. The van der Waals surface area contributed by atoms with Gasteiger partial charge in [-0.05, 0) is 24.6 Å². The summed E-state index contributed by atoms with van der Waals surface area (Å²) in [5.41, 5.74) is 1.55. The maximum absolute atomic E-state index is 12.7. The van der Waals surface area contributed by atoms with Crippen molar-refractivity contribution in [3.63, 3.8) is 0 Å². The molecule has 3 rings (SSSR count). The van der Waals surface area contributed by atoms with E-state index >= 15 is 0 Å². The van der Waals surface area contributed by atoms with Crippen molar-refractivity contribution in [2.75, 3.05) is 6.61 Å². The van der Waals surface area contributed by atoms with E-state index in [1.54, 1.807) is 55.5 Å². The molecule has 9 heteroatoms. The second-order valence-corrected chi connectivity index (χ2v) is 6.75. The molecular formula is C18H15Cl2N3O4. The molecule has 0 bridgehead atoms. The van der Waals surface area contributed by atoms with Gasteiger partial charge in [-0.15, -0.1) is 0 Å². The average molecular weight is 408 g/mol. The van der Waals surface area contributed by atoms with Crippen LogP contribution in [0.2, 0.25) is 10.0 Å². The number of hydrogen-bond acceptors (Lipinski definition) is 4. The molecular weight excluding hydrogens is 393 g/mol. The number of amides is 4. The number of nitrogens with one attached hydrogen (secondary N) is 2. The summed E-state index contributed by atoms with van der Waals surface area (Å²) in [6.45, 7) is 1.08. The first kappa shape index (κ1) is 19.0. The van der Waals surface area contributed by atoms with Crippen LogP contribution in [0.25, 0.3) is 0 Å². The van der Waals surface area contributed by atoms with Gasteiger partial charge in [0, 0.05) is 0 Å². The Labute approximate surface area is 165 Å². The van der Waals surface area contributed by atoms with Gasteiger partial charge in [0.2, 0.25) is 0 Å². The Kier molecular flexibility index (Phi) is 5.25. The topological polar surface area (TPSA) is 87.7 Å². The number of urea groups is 1. The van der Waals surface area contributed by atoms with E-state index in [4.69, 9.17) is 27.9 Å². The lowest BCUT2D eigenvalue weighted by Crippen LogP contribution is -2.49. The fraction of sp³-hybridized carbons (Fsp3) is 0.167. The van der Waals surface area contributed by atoms with Crippen LogP contribution in [0.3, 0.4) is 0 Å². The molecule has 1 aliphatic rings. The standard InChI is InChI=1S/C18H15Cl2N3O4/c1-18(11-6-3-2-4-7-11)16(25)23(17(26)21-18)22-14(24)10-27-15-12(19)8-5-9-13(15)20/h2-9H,10H2,1H3,(H,21,26)(H,22,24). The van der Waals surface area contributed by atoms with Crippen LogP contribution in [0.4, 0.5) is 4.79 Å². The van der Waals surface area contributed by atoms with Crippen LogP contribution in [0, 0.1) is 0 Å². The van der Waals surface area contributed by atoms with Gasteiger partial charge in [-0.25, -0.2) is 4.79 Å². The quantitative estimate of drug-likeness (QED) is 0.745. The van der Waals surface area contributed by atoms with Crippen molar-refractivity contribution in [1.82, 2.24) is 15.8 Å². The van der Waals surface area contributed by atoms with Gasteiger partial charge >= 0.3 is 6.03 Å². The van der Waals surface area contributed by atoms with Gasteiger partial charge in [-0.1, -0.05) is 59.6 Å². The van der Waals surface area contributed by atoms with E-state index in [0.717, 1.165) is 0 Å². The lowest BCUT2D eigenvalue weighted by Gasteiger charge is -2.22. The monoisotopic (exact) mass is 407 g/mol. The van der Waals surface area contributed by atoms with Gasteiger partial charge in [0.25, 0.3) is 11.8 Å². The fourth-order valence-corrected chi connectivity index (χ4v) is 3.13. The number of halogens is 2. The first-order valence-corrected chi connectivity index (χ1v) is 8.67. The lowest BCUT2D eigenvalue weighted by atomic mass is 9.92. The predicted octanol–water partition coefficient (Wildman–Crippen LogP) is 2.87. The van der Waals surface area contributed by atoms with E-state index in [0.29, 0.717) is 10.6 Å². The summed E-state index contributed by atoms with van der Waals surface area (Å²) in [7, 11) is 0. The van der Waals surface area contributed by atoms with Gasteiger partial charge in [0.05, 0.1) is 10.0 Å². The minimum atomic E-state index is -1.28. The molecule has 140 valence electrons. The molecule has 27 heavy (non-hydrogen) atoms. The molecule has 0 saturated carbocycles. The molecule has 0 spiro atoms. The van der Waals surface area contributed by atoms with Gasteiger partial charge in [0.15, 0.2) is 12.4 Å². The summed E-state index contributed by atoms with van der Waals surface area (Å²) >= 11 is 11.9. The molecule has 2 aromatic rings. The van der Waals surface area contributed by atoms with Gasteiger partial charge in [-0.3, -0.25) is 15.0 Å². The van der Waals surface area contributed by atoms with Crippen molar-refractivity contribution in [1.29, 1.82) is 0 Å². The molecule has 0 aromatic heterocycles. The van der Waals surface area contributed by atoms with Gasteiger partial charge in [0.1, 0.15) is 5.54 Å². The third-order valence-electron chi connectivity index (χ3n) is 4.05. The van der Waals surface area contributed by atoms with Crippen molar-refractivity contribution in [2.24, 2.45) is 0 Å². The van der Waals surface area contributed by atoms with Crippen LogP contribution < -0.4 is 15.5 Å². The van der Waals surface area contributed by atoms with Crippen molar-refractivity contribution < 1.29 is 19.1 Å². The molecule has 0 aliphatic carbocycles. The van der Waals surface area contributed by atoms with E-state index in [1.807, 2.05) is 0 Å². The molecule has 1 unspecified atom stereocenters. The zero-order valence-electron chi connectivity index (χ0n) is 14.2. The second kappa shape index (κ2) is 7.46. The Morgan fingerprint density at radius 2 is 1.74 bits per heavy atom. The largest absolute Gasteiger partial charge is 0.481 e. The molecule has 2 N–H and O–H groups in total. The van der Waals surface area contributed by atoms with Crippen molar-refractivity contribution in [3.05, 3.63) is 64.1 Å². The number of imide groups is 1. The van der Waals surface area contributed by atoms with Crippen LogP contribution in [0.1, 0.15) is 12.5 Å². The summed E-state index contributed by atoms with van der Waals surface area (Å²) in [5, 5.41) is 3.69. The van der Waals surface area contributed by atoms with Gasteiger partial charge in [-0.2, -0.15) is 5.01 Å². The first-order chi connectivity index (χ1) is 12.8. The highest BCUT2D eigenvalue weighted by Gasteiger charge is 2.49. The first-order valence-electron chi connectivity index (χ1n) is 7.91. The highest BCUT2D eigenvalue weighted by Crippen LogP contribution is 2.32. The minimum Gasteiger partial charge on any atom is -0.481 e. The smallest absolute Gasteiger partial charge is 0.344 e. The Bertz CT molecular complexity index is 886. The van der Waals surface area contributed by atoms with Crippen molar-refractivity contribution >= 4 is 41.0 Å². The molecule has 1 fully saturated rings. The number of carbonyl (C=O) groups is 3. The van der Waals surface area contributed by atoms with Gasteiger partial charge < -0.3 is 10.1 Å².